The molecule has 1 aliphatic carbocycles. The van der Waals surface area contributed by atoms with E-state index in [1.165, 1.54) is 36.9 Å². The van der Waals surface area contributed by atoms with Crippen molar-refractivity contribution in [2.45, 2.75) is 38.6 Å². The average Bonchev–Trinajstić information content (AvgIpc) is 3.53. The minimum Gasteiger partial charge on any atom is -0.385 e. The lowest BCUT2D eigenvalue weighted by atomic mass is 10.1. The van der Waals surface area contributed by atoms with Crippen LogP contribution in [0.5, 0.6) is 0 Å². The van der Waals surface area contributed by atoms with E-state index in [1.54, 1.807) is 11.3 Å². The summed E-state index contributed by atoms with van der Waals surface area (Å²) in [6, 6.07) is 8.21. The molecule has 30 heavy (non-hydrogen) atoms. The fourth-order valence-corrected chi connectivity index (χ4v) is 4.76. The van der Waals surface area contributed by atoms with Crippen LogP contribution in [0, 0.1) is 5.92 Å². The van der Waals surface area contributed by atoms with Crippen LogP contribution in [0.15, 0.2) is 35.8 Å². The van der Waals surface area contributed by atoms with E-state index >= 15 is 0 Å². The van der Waals surface area contributed by atoms with Crippen molar-refractivity contribution in [1.29, 1.82) is 0 Å². The summed E-state index contributed by atoms with van der Waals surface area (Å²) in [6.45, 7) is 2.70. The lowest BCUT2D eigenvalue weighted by molar-refractivity contribution is 0.785. The van der Waals surface area contributed by atoms with Crippen LogP contribution >= 0.6 is 22.9 Å². The molecule has 1 aliphatic heterocycles. The molecule has 2 aromatic heterocycles. The van der Waals surface area contributed by atoms with E-state index in [0.29, 0.717) is 6.54 Å². The fraction of sp³-hybridized carbons (Fsp3) is 0.391. The van der Waals surface area contributed by atoms with Crippen molar-refractivity contribution in [3.05, 3.63) is 52.1 Å². The van der Waals surface area contributed by atoms with Crippen molar-refractivity contribution >= 4 is 39.4 Å². The summed E-state index contributed by atoms with van der Waals surface area (Å²) < 4.78 is 0. The molecule has 1 fully saturated rings. The number of hydrogen-bond acceptors (Lipinski definition) is 6. The van der Waals surface area contributed by atoms with Gasteiger partial charge in [0.2, 0.25) is 0 Å². The molecular weight excluding hydrogens is 414 g/mol. The summed E-state index contributed by atoms with van der Waals surface area (Å²) in [5.41, 5.74) is 6.51. The first kappa shape index (κ1) is 19.6. The number of fused-ring (bicyclic) bond motifs is 1. The summed E-state index contributed by atoms with van der Waals surface area (Å²) in [5, 5.41) is 14.3. The van der Waals surface area contributed by atoms with Crippen LogP contribution in [0.2, 0.25) is 5.02 Å². The maximum atomic E-state index is 6.51. The van der Waals surface area contributed by atoms with Gasteiger partial charge in [0.05, 0.1) is 28.6 Å². The van der Waals surface area contributed by atoms with E-state index < -0.39 is 0 Å². The van der Waals surface area contributed by atoms with Crippen LogP contribution in [0.25, 0.3) is 11.3 Å². The fourth-order valence-electron chi connectivity index (χ4n) is 3.79. The quantitative estimate of drug-likeness (QED) is 0.418. The highest BCUT2D eigenvalue weighted by Crippen LogP contribution is 2.35. The minimum absolute atomic E-state index is 0.641. The Hall–Kier alpha value is -2.31. The largest absolute Gasteiger partial charge is 0.385 e. The molecule has 1 aromatic carbocycles. The molecule has 0 radical (unpaired) electrons. The molecule has 0 amide bonds. The second-order valence-electron chi connectivity index (χ2n) is 8.09. The smallest absolute Gasteiger partial charge is 0.183 e. The molecule has 3 heterocycles. The predicted molar refractivity (Wildman–Crippen MR) is 127 cm³/mol. The molecule has 0 atom stereocenters. The monoisotopic (exact) mass is 439 g/mol. The van der Waals surface area contributed by atoms with Gasteiger partial charge >= 0.3 is 0 Å². The maximum absolute atomic E-state index is 6.51. The Balaban J connectivity index is 1.25. The van der Waals surface area contributed by atoms with Crippen LogP contribution < -0.4 is 16.0 Å². The molecule has 5 nitrogen and oxygen atoms in total. The molecule has 3 N–H and O–H groups in total. The van der Waals surface area contributed by atoms with E-state index in [1.807, 2.05) is 12.3 Å². The maximum Gasteiger partial charge on any atom is 0.183 e. The molecule has 3 aromatic rings. The number of nitrogens with one attached hydrogen (secondary N) is 3. The van der Waals surface area contributed by atoms with Crippen molar-refractivity contribution in [3.8, 4) is 11.3 Å². The highest BCUT2D eigenvalue weighted by molar-refractivity contribution is 7.14. The third-order valence-electron chi connectivity index (χ3n) is 5.74. The number of benzene rings is 1. The van der Waals surface area contributed by atoms with E-state index in [2.05, 4.69) is 44.5 Å². The van der Waals surface area contributed by atoms with E-state index in [-0.39, 0.29) is 0 Å². The van der Waals surface area contributed by atoms with Crippen molar-refractivity contribution < 1.29 is 0 Å². The molecule has 0 spiro atoms. The van der Waals surface area contributed by atoms with Gasteiger partial charge in [-0.1, -0.05) is 11.6 Å². The van der Waals surface area contributed by atoms with Gasteiger partial charge in [0.15, 0.2) is 5.13 Å². The van der Waals surface area contributed by atoms with Gasteiger partial charge < -0.3 is 16.0 Å². The molecule has 0 bridgehead atoms. The Morgan fingerprint density at radius 2 is 2.07 bits per heavy atom. The zero-order valence-electron chi connectivity index (χ0n) is 16.9. The summed E-state index contributed by atoms with van der Waals surface area (Å²) in [7, 11) is 0. The second-order valence-corrected chi connectivity index (χ2v) is 9.35. The summed E-state index contributed by atoms with van der Waals surface area (Å²) >= 11 is 8.17. The van der Waals surface area contributed by atoms with Crippen LogP contribution in [0.4, 0.5) is 16.5 Å². The minimum atomic E-state index is 0.641. The van der Waals surface area contributed by atoms with Crippen molar-refractivity contribution in [1.82, 2.24) is 9.97 Å². The van der Waals surface area contributed by atoms with E-state index in [4.69, 9.17) is 16.6 Å². The zero-order valence-corrected chi connectivity index (χ0v) is 18.5. The molecule has 0 saturated heterocycles. The van der Waals surface area contributed by atoms with Gasteiger partial charge in [-0.2, -0.15) is 0 Å². The molecule has 5 rings (SSSR count). The molecule has 156 valence electrons. The van der Waals surface area contributed by atoms with Crippen LogP contribution in [-0.4, -0.2) is 23.1 Å². The number of pyridine rings is 1. The molecule has 2 aliphatic rings. The number of anilines is 3. The number of rotatable bonds is 7. The van der Waals surface area contributed by atoms with Crippen molar-refractivity contribution in [2.24, 2.45) is 5.92 Å². The van der Waals surface area contributed by atoms with Crippen LogP contribution in [0.1, 0.15) is 36.9 Å². The Morgan fingerprint density at radius 3 is 2.90 bits per heavy atom. The Kier molecular flexibility index (Phi) is 5.77. The number of nitrogens with zero attached hydrogens (tertiary/aromatic N) is 2. The first-order valence-corrected chi connectivity index (χ1v) is 12.0. The molecule has 1 saturated carbocycles. The van der Waals surface area contributed by atoms with Gasteiger partial charge in [-0.15, -0.1) is 11.3 Å². The topological polar surface area (TPSA) is 61.9 Å². The van der Waals surface area contributed by atoms with Gasteiger partial charge in [-0.3, -0.25) is 4.98 Å². The number of aromatic nitrogens is 2. The SMILES string of the molecule is Clc1ccc2c(c1NCc1ccc(-c3csc(NCC4CC4)n3)cn1)CCCCN2. The van der Waals surface area contributed by atoms with Gasteiger partial charge in [0.1, 0.15) is 0 Å². The van der Waals surface area contributed by atoms with E-state index in [9.17, 15) is 0 Å². The van der Waals surface area contributed by atoms with Gasteiger partial charge in [0.25, 0.3) is 0 Å². The lowest BCUT2D eigenvalue weighted by Crippen LogP contribution is -2.06. The zero-order chi connectivity index (χ0) is 20.3. The van der Waals surface area contributed by atoms with Crippen LogP contribution in [0.3, 0.4) is 0 Å². The predicted octanol–water partition coefficient (Wildman–Crippen LogP) is 6.04. The first-order valence-electron chi connectivity index (χ1n) is 10.7. The van der Waals surface area contributed by atoms with Gasteiger partial charge in [0, 0.05) is 35.9 Å². The summed E-state index contributed by atoms with van der Waals surface area (Å²) in [5.74, 6) is 0.842. The summed E-state index contributed by atoms with van der Waals surface area (Å²) in [4.78, 5) is 9.35. The number of halogens is 1. The normalized spacial score (nSPS) is 15.8. The number of hydrogen-bond donors (Lipinski definition) is 3. The highest BCUT2D eigenvalue weighted by Gasteiger charge is 2.21. The first-order chi connectivity index (χ1) is 14.8. The Labute approximate surface area is 186 Å². The Morgan fingerprint density at radius 1 is 1.13 bits per heavy atom. The average molecular weight is 440 g/mol. The molecular formula is C23H26ClN5S. The molecule has 7 heteroatoms. The summed E-state index contributed by atoms with van der Waals surface area (Å²) in [6.07, 6.45) is 8.00. The third kappa shape index (κ3) is 4.55. The lowest BCUT2D eigenvalue weighted by Gasteiger charge is -2.16. The van der Waals surface area contributed by atoms with E-state index in [0.717, 1.165) is 58.2 Å². The molecule has 0 unspecified atom stereocenters. The third-order valence-corrected chi connectivity index (χ3v) is 6.86. The van der Waals surface area contributed by atoms with Crippen LogP contribution in [-0.2, 0) is 13.0 Å². The van der Waals surface area contributed by atoms with Crippen molar-refractivity contribution in [3.63, 3.8) is 0 Å². The highest BCUT2D eigenvalue weighted by atomic mass is 35.5. The van der Waals surface area contributed by atoms with Crippen molar-refractivity contribution in [2.75, 3.05) is 29.0 Å². The van der Waals surface area contributed by atoms with Gasteiger partial charge in [-0.05, 0) is 67.9 Å². The second kappa shape index (κ2) is 8.82. The number of thiazole rings is 1. The Bertz CT molecular complexity index is 1010. The standard InChI is InChI=1S/C23H26ClN5S/c24-19-8-9-20-18(3-1-2-10-25-20)22(19)27-13-17-7-6-16(12-26-17)21-14-30-23(29-21)28-11-15-4-5-15/h6-9,12,14-15,25,27H,1-5,10-11,13H2,(H,28,29). The van der Waals surface area contributed by atoms with Gasteiger partial charge in [-0.25, -0.2) is 4.98 Å².